The molecule has 0 amide bonds. The lowest BCUT2D eigenvalue weighted by Crippen LogP contribution is -2.06. The van der Waals surface area contributed by atoms with Crippen LogP contribution in [0, 0.1) is 0 Å². The Morgan fingerprint density at radius 3 is 2.57 bits per heavy atom. The second-order valence-electron chi connectivity index (χ2n) is 4.79. The minimum atomic E-state index is 0.543. The van der Waals surface area contributed by atoms with Gasteiger partial charge in [-0.25, -0.2) is 4.98 Å². The molecule has 1 heterocycles. The predicted octanol–water partition coefficient (Wildman–Crippen LogP) is 5.28. The van der Waals surface area contributed by atoms with Gasteiger partial charge in [0, 0.05) is 23.3 Å². The van der Waals surface area contributed by atoms with Crippen molar-refractivity contribution in [3.8, 4) is 0 Å². The molecule has 0 bridgehead atoms. The van der Waals surface area contributed by atoms with E-state index in [9.17, 15) is 0 Å². The molecule has 0 aliphatic heterocycles. The SMILES string of the molecule is ClCCc1nc2cccc(Cl)c2n1Cc1ccc(Br)cc1. The van der Waals surface area contributed by atoms with E-state index in [1.165, 1.54) is 5.56 Å². The summed E-state index contributed by atoms with van der Waals surface area (Å²) in [6.07, 6.45) is 0.725. The molecular formula is C16H13BrCl2N2. The van der Waals surface area contributed by atoms with Gasteiger partial charge < -0.3 is 4.57 Å². The van der Waals surface area contributed by atoms with Crippen LogP contribution in [0.3, 0.4) is 0 Å². The number of alkyl halides is 1. The van der Waals surface area contributed by atoms with Gasteiger partial charge in [-0.05, 0) is 29.8 Å². The van der Waals surface area contributed by atoms with Crippen molar-refractivity contribution in [2.24, 2.45) is 0 Å². The van der Waals surface area contributed by atoms with Gasteiger partial charge in [-0.15, -0.1) is 11.6 Å². The van der Waals surface area contributed by atoms with Crippen LogP contribution in [0.2, 0.25) is 5.02 Å². The van der Waals surface area contributed by atoms with Crippen LogP contribution in [-0.2, 0) is 13.0 Å². The summed E-state index contributed by atoms with van der Waals surface area (Å²) in [6.45, 7) is 0.736. The van der Waals surface area contributed by atoms with Crippen molar-refractivity contribution in [1.29, 1.82) is 0 Å². The third-order valence-corrected chi connectivity index (χ3v) is 4.39. The standard InChI is InChI=1S/C16H13BrCl2N2/c17-12-6-4-11(5-7-12)10-21-15(8-9-18)20-14-3-1-2-13(19)16(14)21/h1-7H,8-10H2. The maximum absolute atomic E-state index is 6.37. The fourth-order valence-corrected chi connectivity index (χ4v) is 3.11. The topological polar surface area (TPSA) is 17.8 Å². The molecule has 3 rings (SSSR count). The highest BCUT2D eigenvalue weighted by Crippen LogP contribution is 2.26. The van der Waals surface area contributed by atoms with Crippen LogP contribution in [0.5, 0.6) is 0 Å². The van der Waals surface area contributed by atoms with Crippen LogP contribution in [0.25, 0.3) is 11.0 Å². The third-order valence-electron chi connectivity index (χ3n) is 3.37. The molecule has 0 saturated heterocycles. The quantitative estimate of drug-likeness (QED) is 0.560. The number of aryl methyl sites for hydroxylation is 1. The van der Waals surface area contributed by atoms with E-state index in [1.807, 2.05) is 30.3 Å². The summed E-state index contributed by atoms with van der Waals surface area (Å²) in [7, 11) is 0. The molecule has 0 atom stereocenters. The lowest BCUT2D eigenvalue weighted by molar-refractivity contribution is 0.754. The number of fused-ring (bicyclic) bond motifs is 1. The zero-order chi connectivity index (χ0) is 14.8. The Bertz CT molecular complexity index is 766. The predicted molar refractivity (Wildman–Crippen MR) is 92.4 cm³/mol. The van der Waals surface area contributed by atoms with Crippen LogP contribution in [0.1, 0.15) is 11.4 Å². The lowest BCUT2D eigenvalue weighted by atomic mass is 10.2. The van der Waals surface area contributed by atoms with E-state index in [0.29, 0.717) is 5.88 Å². The first kappa shape index (κ1) is 14.9. The number of para-hydroxylation sites is 1. The molecule has 0 unspecified atom stereocenters. The first-order chi connectivity index (χ1) is 10.2. The fraction of sp³-hybridized carbons (Fsp3) is 0.188. The molecule has 0 saturated carbocycles. The zero-order valence-electron chi connectivity index (χ0n) is 11.2. The number of nitrogens with zero attached hydrogens (tertiary/aromatic N) is 2. The maximum atomic E-state index is 6.37. The van der Waals surface area contributed by atoms with Crippen LogP contribution >= 0.6 is 39.1 Å². The first-order valence-electron chi connectivity index (χ1n) is 6.63. The highest BCUT2D eigenvalue weighted by Gasteiger charge is 2.13. The molecule has 0 aliphatic carbocycles. The van der Waals surface area contributed by atoms with E-state index in [1.54, 1.807) is 0 Å². The van der Waals surface area contributed by atoms with E-state index in [0.717, 1.165) is 39.3 Å². The van der Waals surface area contributed by atoms with Crippen molar-refractivity contribution in [3.05, 3.63) is 63.3 Å². The Labute approximate surface area is 141 Å². The van der Waals surface area contributed by atoms with Crippen molar-refractivity contribution in [3.63, 3.8) is 0 Å². The van der Waals surface area contributed by atoms with Crippen molar-refractivity contribution >= 4 is 50.2 Å². The van der Waals surface area contributed by atoms with E-state index >= 15 is 0 Å². The van der Waals surface area contributed by atoms with Gasteiger partial charge in [-0.3, -0.25) is 0 Å². The Kier molecular flexibility index (Phi) is 4.53. The monoisotopic (exact) mass is 382 g/mol. The Hall–Kier alpha value is -1.03. The van der Waals surface area contributed by atoms with E-state index in [4.69, 9.17) is 23.2 Å². The molecule has 0 radical (unpaired) electrons. The molecule has 0 N–H and O–H groups in total. The lowest BCUT2D eigenvalue weighted by Gasteiger charge is -2.10. The van der Waals surface area contributed by atoms with Crippen molar-refractivity contribution < 1.29 is 0 Å². The van der Waals surface area contributed by atoms with Gasteiger partial charge in [-0.2, -0.15) is 0 Å². The van der Waals surface area contributed by atoms with Crippen molar-refractivity contribution in [2.75, 3.05) is 5.88 Å². The minimum absolute atomic E-state index is 0.543. The molecule has 0 spiro atoms. The van der Waals surface area contributed by atoms with E-state index in [2.05, 4.69) is 37.6 Å². The second kappa shape index (κ2) is 6.39. The fourth-order valence-electron chi connectivity index (χ4n) is 2.41. The summed E-state index contributed by atoms with van der Waals surface area (Å²) in [5, 5.41) is 0.720. The van der Waals surface area contributed by atoms with Gasteiger partial charge in [0.05, 0.1) is 16.1 Å². The van der Waals surface area contributed by atoms with Crippen molar-refractivity contribution in [2.45, 2.75) is 13.0 Å². The summed E-state index contributed by atoms with van der Waals surface area (Å²) in [6, 6.07) is 14.1. The minimum Gasteiger partial charge on any atom is -0.322 e. The molecule has 2 aromatic carbocycles. The molecular weight excluding hydrogens is 371 g/mol. The molecule has 5 heteroatoms. The Morgan fingerprint density at radius 1 is 1.10 bits per heavy atom. The molecule has 2 nitrogen and oxygen atoms in total. The molecule has 3 aromatic rings. The average Bonchev–Trinajstić information content (AvgIpc) is 2.81. The molecule has 0 aliphatic rings. The van der Waals surface area contributed by atoms with E-state index < -0.39 is 0 Å². The van der Waals surface area contributed by atoms with Crippen molar-refractivity contribution in [1.82, 2.24) is 9.55 Å². The van der Waals surface area contributed by atoms with Crippen LogP contribution in [0.4, 0.5) is 0 Å². The van der Waals surface area contributed by atoms with Gasteiger partial charge in [0.15, 0.2) is 0 Å². The number of aromatic nitrogens is 2. The number of hydrogen-bond acceptors (Lipinski definition) is 1. The number of imidazole rings is 1. The smallest absolute Gasteiger partial charge is 0.111 e. The second-order valence-corrected chi connectivity index (χ2v) is 6.49. The first-order valence-corrected chi connectivity index (χ1v) is 8.33. The summed E-state index contributed by atoms with van der Waals surface area (Å²) >= 11 is 15.7. The van der Waals surface area contributed by atoms with E-state index in [-0.39, 0.29) is 0 Å². The highest BCUT2D eigenvalue weighted by molar-refractivity contribution is 9.10. The molecule has 108 valence electrons. The van der Waals surface area contributed by atoms with Gasteiger partial charge in [0.2, 0.25) is 0 Å². The molecule has 21 heavy (non-hydrogen) atoms. The Morgan fingerprint density at radius 2 is 1.86 bits per heavy atom. The average molecular weight is 384 g/mol. The third kappa shape index (κ3) is 3.10. The van der Waals surface area contributed by atoms with Gasteiger partial charge in [0.25, 0.3) is 0 Å². The normalized spacial score (nSPS) is 11.2. The number of halogens is 3. The maximum Gasteiger partial charge on any atom is 0.111 e. The van der Waals surface area contributed by atoms with Crippen LogP contribution in [-0.4, -0.2) is 15.4 Å². The summed E-state index contributed by atoms with van der Waals surface area (Å²) in [4.78, 5) is 4.66. The largest absolute Gasteiger partial charge is 0.322 e. The van der Waals surface area contributed by atoms with Gasteiger partial charge >= 0.3 is 0 Å². The number of rotatable bonds is 4. The summed E-state index contributed by atoms with van der Waals surface area (Å²) in [5.74, 6) is 1.51. The molecule has 1 aromatic heterocycles. The number of hydrogen-bond donors (Lipinski definition) is 0. The Balaban J connectivity index is 2.10. The highest BCUT2D eigenvalue weighted by atomic mass is 79.9. The van der Waals surface area contributed by atoms with Crippen LogP contribution in [0.15, 0.2) is 46.9 Å². The summed E-state index contributed by atoms with van der Waals surface area (Å²) < 4.78 is 3.23. The van der Waals surface area contributed by atoms with Gasteiger partial charge in [0.1, 0.15) is 5.82 Å². The number of benzene rings is 2. The molecule has 0 fully saturated rings. The van der Waals surface area contributed by atoms with Crippen LogP contribution < -0.4 is 0 Å². The summed E-state index contributed by atoms with van der Waals surface area (Å²) in [5.41, 5.74) is 3.09. The van der Waals surface area contributed by atoms with Gasteiger partial charge in [-0.1, -0.05) is 45.7 Å². The zero-order valence-corrected chi connectivity index (χ0v) is 14.3.